The maximum absolute atomic E-state index is 13.7. The average Bonchev–Trinajstić information content (AvgIpc) is 3.44. The third kappa shape index (κ3) is 4.67. The Kier molecular flexibility index (Phi) is 6.69. The van der Waals surface area contributed by atoms with Crippen LogP contribution in [0.15, 0.2) is 114 Å². The zero-order chi connectivity index (χ0) is 27.7. The molecule has 0 aliphatic carbocycles. The Morgan fingerprint density at radius 2 is 1.52 bits per heavy atom. The zero-order valence-corrected chi connectivity index (χ0v) is 22.3. The molecule has 40 heavy (non-hydrogen) atoms. The summed E-state index contributed by atoms with van der Waals surface area (Å²) < 4.78 is 34.2. The van der Waals surface area contributed by atoms with Gasteiger partial charge in [0.1, 0.15) is 0 Å². The van der Waals surface area contributed by atoms with Crippen molar-refractivity contribution >= 4 is 38.4 Å². The molecule has 0 bridgehead atoms. The van der Waals surface area contributed by atoms with E-state index in [2.05, 4.69) is 4.98 Å². The van der Waals surface area contributed by atoms with Gasteiger partial charge >= 0.3 is 5.97 Å². The summed E-state index contributed by atoms with van der Waals surface area (Å²) in [4.78, 5) is 30.1. The van der Waals surface area contributed by atoms with Crippen LogP contribution in [0, 0.1) is 0 Å². The number of esters is 1. The second-order valence-corrected chi connectivity index (χ2v) is 11.5. The Morgan fingerprint density at radius 1 is 0.825 bits per heavy atom. The average molecular weight is 551 g/mol. The molecule has 8 heteroatoms. The number of aryl methyl sites for hydroxylation is 1. The van der Waals surface area contributed by atoms with Gasteiger partial charge in [-0.2, -0.15) is 0 Å². The van der Waals surface area contributed by atoms with Gasteiger partial charge in [0, 0.05) is 34.8 Å². The quantitative estimate of drug-likeness (QED) is 0.195. The first-order valence-electron chi connectivity index (χ1n) is 13.0. The number of Topliss-reactive ketones (excluding diaryl/α,β-unsaturated/α-hetero) is 1. The van der Waals surface area contributed by atoms with Crippen molar-refractivity contribution in [2.24, 2.45) is 0 Å². The summed E-state index contributed by atoms with van der Waals surface area (Å²) in [5.74, 6) is -1.09. The van der Waals surface area contributed by atoms with Crippen LogP contribution in [0.1, 0.15) is 44.4 Å². The molecule has 5 aromatic rings. The predicted molar refractivity (Wildman–Crippen MR) is 153 cm³/mol. The first-order valence-corrected chi connectivity index (χ1v) is 14.4. The first-order chi connectivity index (χ1) is 19.4. The van der Waals surface area contributed by atoms with Crippen LogP contribution in [0.4, 0.5) is 5.69 Å². The lowest BCUT2D eigenvalue weighted by molar-refractivity contribution is 0.0280. The van der Waals surface area contributed by atoms with E-state index in [0.29, 0.717) is 23.4 Å². The zero-order valence-electron chi connectivity index (χ0n) is 21.5. The maximum atomic E-state index is 13.7. The number of carbonyl (C=O) groups is 2. The van der Waals surface area contributed by atoms with E-state index in [1.54, 1.807) is 30.5 Å². The first kappa shape index (κ1) is 25.6. The Hall–Kier alpha value is -4.69. The van der Waals surface area contributed by atoms with Crippen LogP contribution < -0.4 is 4.31 Å². The number of H-pyrrole nitrogens is 1. The van der Waals surface area contributed by atoms with Crippen LogP contribution in [0.5, 0.6) is 0 Å². The minimum Gasteiger partial charge on any atom is -0.445 e. The number of nitrogens with one attached hydrogen (secondary N) is 1. The van der Waals surface area contributed by atoms with E-state index in [1.807, 2.05) is 54.6 Å². The van der Waals surface area contributed by atoms with Gasteiger partial charge in [-0.1, -0.05) is 66.7 Å². The molecule has 0 amide bonds. The fourth-order valence-electron chi connectivity index (χ4n) is 5.13. The maximum Gasteiger partial charge on any atom is 0.339 e. The summed E-state index contributed by atoms with van der Waals surface area (Å²) in [6.45, 7) is 0.387. The lowest BCUT2D eigenvalue weighted by Gasteiger charge is -2.30. The molecular weight excluding hydrogens is 524 g/mol. The summed E-state index contributed by atoms with van der Waals surface area (Å²) in [6.07, 6.45) is 2.00. The standard InChI is InChI=1S/C32H26N2O5S/c35-30(27-21-33-28-14-6-5-13-26(27)28)31(23-10-2-1-3-11-23)39-32(36)24-16-18-25(19-17-24)40(37,38)34-20-8-12-22-9-4-7-15-29(22)34/h1-7,9-11,13-19,21,31,33H,8,12,20H2/t31-/m1/s1. The van der Waals surface area contributed by atoms with Gasteiger partial charge in [0.15, 0.2) is 6.10 Å². The third-order valence-electron chi connectivity index (χ3n) is 7.17. The number of benzene rings is 4. The van der Waals surface area contributed by atoms with E-state index in [0.717, 1.165) is 29.3 Å². The second-order valence-electron chi connectivity index (χ2n) is 9.64. The summed E-state index contributed by atoms with van der Waals surface area (Å²) in [5.41, 5.74) is 3.57. The minimum atomic E-state index is -3.82. The van der Waals surface area contributed by atoms with Crippen molar-refractivity contribution in [3.63, 3.8) is 0 Å². The van der Waals surface area contributed by atoms with Gasteiger partial charge in [0.25, 0.3) is 10.0 Å². The number of hydrogen-bond acceptors (Lipinski definition) is 5. The Labute approximate surface area is 232 Å². The van der Waals surface area contributed by atoms with Crippen molar-refractivity contribution in [1.29, 1.82) is 0 Å². The summed E-state index contributed by atoms with van der Waals surface area (Å²) in [7, 11) is -3.82. The van der Waals surface area contributed by atoms with Gasteiger partial charge in [-0.3, -0.25) is 9.10 Å². The molecule has 0 spiro atoms. The SMILES string of the molecule is O=C(O[C@@H](C(=O)c1c[nH]c2ccccc12)c1ccccc1)c1ccc(S(=O)(=O)N2CCCc3ccccc32)cc1. The van der Waals surface area contributed by atoms with E-state index in [-0.39, 0.29) is 16.2 Å². The molecule has 4 aromatic carbocycles. The van der Waals surface area contributed by atoms with Crippen LogP contribution in [0.25, 0.3) is 10.9 Å². The predicted octanol–water partition coefficient (Wildman–Crippen LogP) is 6.09. The fraction of sp³-hybridized carbons (Fsp3) is 0.125. The summed E-state index contributed by atoms with van der Waals surface area (Å²) in [5, 5.41) is 0.735. The monoisotopic (exact) mass is 550 g/mol. The van der Waals surface area contributed by atoms with Crippen LogP contribution in [-0.4, -0.2) is 31.7 Å². The number of fused-ring (bicyclic) bond motifs is 2. The van der Waals surface area contributed by atoms with Crippen LogP contribution in [0.3, 0.4) is 0 Å². The molecule has 1 N–H and O–H groups in total. The van der Waals surface area contributed by atoms with Gasteiger partial charge < -0.3 is 9.72 Å². The normalized spacial score (nSPS) is 13.9. The number of nitrogens with zero attached hydrogens (tertiary/aromatic N) is 1. The van der Waals surface area contributed by atoms with E-state index in [9.17, 15) is 18.0 Å². The number of sulfonamides is 1. The van der Waals surface area contributed by atoms with E-state index in [1.165, 1.54) is 28.6 Å². The number of ketones is 1. The Morgan fingerprint density at radius 3 is 2.33 bits per heavy atom. The second kappa shape index (κ2) is 10.5. The molecule has 1 aliphatic heterocycles. The summed E-state index contributed by atoms with van der Waals surface area (Å²) >= 11 is 0. The van der Waals surface area contributed by atoms with E-state index in [4.69, 9.17) is 4.74 Å². The molecule has 2 heterocycles. The Bertz CT molecular complexity index is 1810. The Balaban J connectivity index is 1.27. The van der Waals surface area contributed by atoms with Crippen LogP contribution >= 0.6 is 0 Å². The lowest BCUT2D eigenvalue weighted by Crippen LogP contribution is -2.35. The highest BCUT2D eigenvalue weighted by Gasteiger charge is 2.31. The lowest BCUT2D eigenvalue weighted by atomic mass is 9.99. The van der Waals surface area contributed by atoms with Crippen molar-refractivity contribution in [1.82, 2.24) is 4.98 Å². The number of rotatable bonds is 7. The topological polar surface area (TPSA) is 96.5 Å². The van der Waals surface area contributed by atoms with Crippen molar-refractivity contribution in [2.75, 3.05) is 10.8 Å². The number of para-hydroxylation sites is 2. The molecule has 1 atom stereocenters. The molecule has 0 radical (unpaired) electrons. The van der Waals surface area contributed by atoms with Crippen molar-refractivity contribution in [2.45, 2.75) is 23.8 Å². The largest absolute Gasteiger partial charge is 0.445 e. The van der Waals surface area contributed by atoms with Crippen molar-refractivity contribution in [3.8, 4) is 0 Å². The molecule has 0 unspecified atom stereocenters. The third-order valence-corrected chi connectivity index (χ3v) is 8.99. The highest BCUT2D eigenvalue weighted by atomic mass is 32.2. The molecule has 1 aliphatic rings. The molecule has 0 saturated heterocycles. The highest BCUT2D eigenvalue weighted by Crippen LogP contribution is 2.32. The van der Waals surface area contributed by atoms with Gasteiger partial charge in [-0.25, -0.2) is 13.2 Å². The van der Waals surface area contributed by atoms with Crippen molar-refractivity contribution in [3.05, 3.63) is 132 Å². The number of hydrogen-bond donors (Lipinski definition) is 1. The number of aromatic amines is 1. The fourth-order valence-corrected chi connectivity index (χ4v) is 6.67. The van der Waals surface area contributed by atoms with Gasteiger partial charge in [0.05, 0.1) is 16.1 Å². The van der Waals surface area contributed by atoms with E-state index < -0.39 is 22.1 Å². The minimum absolute atomic E-state index is 0.0789. The van der Waals surface area contributed by atoms with Crippen LogP contribution in [-0.2, 0) is 21.2 Å². The number of aromatic nitrogens is 1. The van der Waals surface area contributed by atoms with E-state index >= 15 is 0 Å². The molecule has 200 valence electrons. The molecule has 0 saturated carbocycles. The molecule has 7 nitrogen and oxygen atoms in total. The van der Waals surface area contributed by atoms with Gasteiger partial charge in [-0.15, -0.1) is 0 Å². The molecule has 1 aromatic heterocycles. The van der Waals surface area contributed by atoms with Crippen molar-refractivity contribution < 1.29 is 22.7 Å². The van der Waals surface area contributed by atoms with Crippen LogP contribution in [0.2, 0.25) is 0 Å². The number of carbonyl (C=O) groups excluding carboxylic acids is 2. The molecule has 6 rings (SSSR count). The van der Waals surface area contributed by atoms with Gasteiger partial charge in [-0.05, 0) is 54.8 Å². The molecular formula is C32H26N2O5S. The molecule has 0 fully saturated rings. The van der Waals surface area contributed by atoms with Gasteiger partial charge in [0.2, 0.25) is 5.78 Å². The summed E-state index contributed by atoms with van der Waals surface area (Å²) in [6, 6.07) is 29.4. The number of anilines is 1. The smallest absolute Gasteiger partial charge is 0.339 e. The highest BCUT2D eigenvalue weighted by molar-refractivity contribution is 7.92. The number of ether oxygens (including phenoxy) is 1.